The molecule has 2 N–H and O–H groups in total. The Morgan fingerprint density at radius 1 is 1.18 bits per heavy atom. The first-order valence-electron chi connectivity index (χ1n) is 5.97. The molecule has 5 nitrogen and oxygen atoms in total. The minimum absolute atomic E-state index is 0.00403. The minimum atomic E-state index is -3.17. The smallest absolute Gasteiger partial charge is 0.310 e. The summed E-state index contributed by atoms with van der Waals surface area (Å²) in [5, 5.41) is 17.8. The van der Waals surface area contributed by atoms with Crippen molar-refractivity contribution in [3.05, 3.63) is 0 Å². The summed E-state index contributed by atoms with van der Waals surface area (Å²) in [7, 11) is -3.17. The number of unbranched alkanes of at least 4 members (excludes halogenated alkanes) is 3. The van der Waals surface area contributed by atoms with E-state index in [1.165, 1.54) is 0 Å². The van der Waals surface area contributed by atoms with Gasteiger partial charge in [-0.15, -0.1) is 0 Å². The summed E-state index contributed by atoms with van der Waals surface area (Å²) >= 11 is 0. The van der Waals surface area contributed by atoms with Crippen molar-refractivity contribution in [1.82, 2.24) is 0 Å². The van der Waals surface area contributed by atoms with Crippen LogP contribution in [0.2, 0.25) is 0 Å². The van der Waals surface area contributed by atoms with Crippen LogP contribution in [0.5, 0.6) is 0 Å². The molecule has 1 atom stereocenters. The van der Waals surface area contributed by atoms with Crippen LogP contribution in [0.1, 0.15) is 38.5 Å². The molecule has 0 aromatic rings. The Hall–Kier alpha value is -0.620. The Bertz CT molecular complexity index is 362. The van der Waals surface area contributed by atoms with Gasteiger partial charge in [0.2, 0.25) is 0 Å². The summed E-state index contributed by atoms with van der Waals surface area (Å²) in [5.74, 6) is -1.20. The van der Waals surface area contributed by atoms with E-state index in [9.17, 15) is 18.3 Å². The molecule has 1 fully saturated rings. The number of carbonyl (C=O) groups is 1. The topological polar surface area (TPSA) is 91.7 Å². The van der Waals surface area contributed by atoms with Gasteiger partial charge in [-0.1, -0.05) is 19.3 Å². The van der Waals surface area contributed by atoms with Gasteiger partial charge in [-0.05, 0) is 19.3 Å². The highest BCUT2D eigenvalue weighted by Gasteiger charge is 2.47. The summed E-state index contributed by atoms with van der Waals surface area (Å²) < 4.78 is 22.8. The van der Waals surface area contributed by atoms with Gasteiger partial charge in [-0.2, -0.15) is 0 Å². The lowest BCUT2D eigenvalue weighted by atomic mass is 9.82. The van der Waals surface area contributed by atoms with Gasteiger partial charge in [-0.3, -0.25) is 4.79 Å². The third-order valence-electron chi connectivity index (χ3n) is 3.40. The first-order valence-corrected chi connectivity index (χ1v) is 7.79. The van der Waals surface area contributed by atoms with E-state index < -0.39 is 21.2 Å². The molecule has 100 valence electrons. The second-order valence-electron chi connectivity index (χ2n) is 4.82. The van der Waals surface area contributed by atoms with E-state index in [1.54, 1.807) is 0 Å². The van der Waals surface area contributed by atoms with E-state index in [0.29, 0.717) is 12.8 Å². The first kappa shape index (κ1) is 14.4. The maximum Gasteiger partial charge on any atom is 0.310 e. The molecule has 0 amide bonds. The summed E-state index contributed by atoms with van der Waals surface area (Å²) in [6, 6.07) is 0. The fraction of sp³-hybridized carbons (Fsp3) is 0.909. The number of aliphatic hydroxyl groups is 1. The van der Waals surface area contributed by atoms with E-state index >= 15 is 0 Å². The summed E-state index contributed by atoms with van der Waals surface area (Å²) in [6.45, 7) is 0.151. The predicted octanol–water partition coefficient (Wildman–Crippen LogP) is 0.819. The molecule has 1 unspecified atom stereocenters. The van der Waals surface area contributed by atoms with Gasteiger partial charge in [0.05, 0.1) is 16.9 Å². The van der Waals surface area contributed by atoms with E-state index in [-0.39, 0.29) is 24.5 Å². The molecule has 6 heteroatoms. The van der Waals surface area contributed by atoms with Gasteiger partial charge < -0.3 is 10.2 Å². The van der Waals surface area contributed by atoms with Crippen LogP contribution < -0.4 is 0 Å². The second kappa shape index (κ2) is 5.82. The average molecular weight is 264 g/mol. The van der Waals surface area contributed by atoms with E-state index in [4.69, 9.17) is 5.11 Å². The highest BCUT2D eigenvalue weighted by molar-refractivity contribution is 7.91. The van der Waals surface area contributed by atoms with E-state index in [1.807, 2.05) is 0 Å². The largest absolute Gasteiger partial charge is 0.481 e. The lowest BCUT2D eigenvalue weighted by Crippen LogP contribution is -2.32. The molecular weight excluding hydrogens is 244 g/mol. The Morgan fingerprint density at radius 2 is 1.82 bits per heavy atom. The molecule has 1 saturated heterocycles. The Morgan fingerprint density at radius 3 is 2.29 bits per heavy atom. The third-order valence-corrected chi connectivity index (χ3v) is 5.22. The van der Waals surface area contributed by atoms with E-state index in [2.05, 4.69) is 0 Å². The Balaban J connectivity index is 2.48. The lowest BCUT2D eigenvalue weighted by Gasteiger charge is -2.21. The zero-order valence-electron chi connectivity index (χ0n) is 9.89. The normalized spacial score (nSPS) is 27.1. The van der Waals surface area contributed by atoms with Crippen molar-refractivity contribution < 1.29 is 23.4 Å². The molecule has 0 bridgehead atoms. The highest BCUT2D eigenvalue weighted by atomic mass is 32.2. The lowest BCUT2D eigenvalue weighted by molar-refractivity contribution is -0.147. The van der Waals surface area contributed by atoms with Crippen molar-refractivity contribution in [2.75, 3.05) is 18.1 Å². The van der Waals surface area contributed by atoms with Gasteiger partial charge in [0.25, 0.3) is 0 Å². The maximum atomic E-state index is 11.4. The Kier molecular flexibility index (Phi) is 4.94. The number of hydrogen-bond acceptors (Lipinski definition) is 4. The number of aliphatic hydroxyl groups excluding tert-OH is 1. The van der Waals surface area contributed by atoms with Gasteiger partial charge in [0, 0.05) is 6.61 Å². The number of aliphatic carboxylic acids is 1. The van der Waals surface area contributed by atoms with Crippen LogP contribution in [0, 0.1) is 5.41 Å². The molecule has 0 aromatic carbocycles. The SMILES string of the molecule is O=C(O)C1(CCCCCCO)CCS(=O)(=O)C1. The van der Waals surface area contributed by atoms with Crippen LogP contribution in [-0.4, -0.2) is 42.7 Å². The summed E-state index contributed by atoms with van der Waals surface area (Å²) in [6.07, 6.45) is 3.80. The van der Waals surface area contributed by atoms with Gasteiger partial charge >= 0.3 is 5.97 Å². The quantitative estimate of drug-likeness (QED) is 0.664. The number of carboxylic acid groups (broad SMARTS) is 1. The average Bonchev–Trinajstić information content (AvgIpc) is 2.55. The molecule has 0 saturated carbocycles. The molecule has 0 radical (unpaired) electrons. The molecule has 1 heterocycles. The minimum Gasteiger partial charge on any atom is -0.481 e. The highest BCUT2D eigenvalue weighted by Crippen LogP contribution is 2.37. The van der Waals surface area contributed by atoms with Crippen LogP contribution >= 0.6 is 0 Å². The molecule has 1 aliphatic rings. The van der Waals surface area contributed by atoms with Crippen molar-refractivity contribution >= 4 is 15.8 Å². The summed E-state index contributed by atoms with van der Waals surface area (Å²) in [4.78, 5) is 11.2. The fourth-order valence-corrected chi connectivity index (χ4v) is 4.42. The number of carboxylic acids is 1. The van der Waals surface area contributed by atoms with Crippen molar-refractivity contribution in [1.29, 1.82) is 0 Å². The van der Waals surface area contributed by atoms with Crippen molar-refractivity contribution in [2.45, 2.75) is 38.5 Å². The van der Waals surface area contributed by atoms with Crippen LogP contribution in [0.4, 0.5) is 0 Å². The third kappa shape index (κ3) is 3.96. The Labute approximate surface area is 102 Å². The van der Waals surface area contributed by atoms with Crippen LogP contribution in [-0.2, 0) is 14.6 Å². The van der Waals surface area contributed by atoms with Crippen molar-refractivity contribution in [3.8, 4) is 0 Å². The van der Waals surface area contributed by atoms with Gasteiger partial charge in [0.15, 0.2) is 9.84 Å². The van der Waals surface area contributed by atoms with Crippen LogP contribution in [0.25, 0.3) is 0 Å². The second-order valence-corrected chi connectivity index (χ2v) is 7.00. The first-order chi connectivity index (χ1) is 7.92. The molecule has 0 spiro atoms. The molecular formula is C11H20O5S. The van der Waals surface area contributed by atoms with Gasteiger partial charge in [0.1, 0.15) is 0 Å². The zero-order chi connectivity index (χ0) is 12.9. The van der Waals surface area contributed by atoms with E-state index in [0.717, 1.165) is 19.3 Å². The van der Waals surface area contributed by atoms with Crippen molar-refractivity contribution in [2.24, 2.45) is 5.41 Å². The number of hydrogen-bond donors (Lipinski definition) is 2. The number of rotatable bonds is 7. The maximum absolute atomic E-state index is 11.4. The summed E-state index contributed by atoms with van der Waals surface area (Å²) in [5.41, 5.74) is -1.06. The molecule has 1 rings (SSSR count). The monoisotopic (exact) mass is 264 g/mol. The molecule has 0 aliphatic carbocycles. The zero-order valence-corrected chi connectivity index (χ0v) is 10.7. The fourth-order valence-electron chi connectivity index (χ4n) is 2.32. The van der Waals surface area contributed by atoms with Crippen molar-refractivity contribution in [3.63, 3.8) is 0 Å². The number of sulfone groups is 1. The molecule has 1 aliphatic heterocycles. The van der Waals surface area contributed by atoms with Gasteiger partial charge in [-0.25, -0.2) is 8.42 Å². The van der Waals surface area contributed by atoms with Crippen LogP contribution in [0.3, 0.4) is 0 Å². The van der Waals surface area contributed by atoms with Crippen LogP contribution in [0.15, 0.2) is 0 Å². The molecule has 17 heavy (non-hydrogen) atoms. The predicted molar refractivity (Wildman–Crippen MR) is 63.5 cm³/mol. The standard InChI is InChI=1S/C11H20O5S/c12-7-4-2-1-3-5-11(10(13)14)6-8-17(15,16)9-11/h12H,1-9H2,(H,13,14). The molecule has 0 aromatic heterocycles.